The van der Waals surface area contributed by atoms with E-state index in [-0.39, 0.29) is 0 Å². The van der Waals surface area contributed by atoms with Gasteiger partial charge in [-0.2, -0.15) is 0 Å². The molecule has 144 valence electrons. The first kappa shape index (κ1) is 22.2. The Morgan fingerprint density at radius 1 is 0.720 bits per heavy atom. The molecule has 1 aromatic rings. The molecule has 0 saturated heterocycles. The minimum atomic E-state index is 0.714. The van der Waals surface area contributed by atoms with E-state index in [1.165, 1.54) is 108 Å². The van der Waals surface area contributed by atoms with Crippen molar-refractivity contribution in [3.8, 4) is 0 Å². The molecule has 0 spiro atoms. The smallest absolute Gasteiger partial charge is 0.0302 e. The second kappa shape index (κ2) is 16.6. The number of hydrogen-bond donors (Lipinski definition) is 0. The van der Waals surface area contributed by atoms with E-state index in [1.54, 1.807) is 0 Å². The number of nitrogens with zero attached hydrogens (tertiary/aromatic N) is 1. The minimum Gasteiger partial charge on any atom is -0.264 e. The monoisotopic (exact) mass is 345 g/mol. The first-order valence-electron chi connectivity index (χ1n) is 11.3. The quantitative estimate of drug-likeness (QED) is 0.258. The predicted molar refractivity (Wildman–Crippen MR) is 112 cm³/mol. The molecule has 0 N–H and O–H groups in total. The molecule has 0 aliphatic carbocycles. The Morgan fingerprint density at radius 3 is 1.68 bits per heavy atom. The molecule has 25 heavy (non-hydrogen) atoms. The van der Waals surface area contributed by atoms with Crippen LogP contribution < -0.4 is 0 Å². The third-order valence-electron chi connectivity index (χ3n) is 5.55. The molecule has 1 aromatic heterocycles. The van der Waals surface area contributed by atoms with Gasteiger partial charge in [-0.15, -0.1) is 0 Å². The summed E-state index contributed by atoms with van der Waals surface area (Å²) in [4.78, 5) is 4.27. The Balaban J connectivity index is 1.85. The molecular formula is C24H43N. The summed E-state index contributed by atoms with van der Waals surface area (Å²) in [6.07, 6.45) is 26.7. The largest absolute Gasteiger partial charge is 0.264 e. The SMILES string of the molecule is CCCCCCCCCCCCCCCCC(CC)c1cccnc1. The van der Waals surface area contributed by atoms with Crippen LogP contribution in [0.1, 0.15) is 128 Å². The van der Waals surface area contributed by atoms with Gasteiger partial charge >= 0.3 is 0 Å². The first-order valence-corrected chi connectivity index (χ1v) is 11.3. The fraction of sp³-hybridized carbons (Fsp3) is 0.792. The summed E-state index contributed by atoms with van der Waals surface area (Å²) in [6.45, 7) is 4.60. The second-order valence-corrected chi connectivity index (χ2v) is 7.78. The number of pyridine rings is 1. The first-order chi connectivity index (χ1) is 12.4. The molecule has 1 heterocycles. The van der Waals surface area contributed by atoms with Crippen LogP contribution in [0.3, 0.4) is 0 Å². The van der Waals surface area contributed by atoms with Gasteiger partial charge in [0.2, 0.25) is 0 Å². The van der Waals surface area contributed by atoms with Crippen LogP contribution in [-0.4, -0.2) is 4.98 Å². The zero-order chi connectivity index (χ0) is 18.0. The summed E-state index contributed by atoms with van der Waals surface area (Å²) in [7, 11) is 0. The number of aromatic nitrogens is 1. The average molecular weight is 346 g/mol. The number of hydrogen-bond acceptors (Lipinski definition) is 1. The Labute approximate surface area is 158 Å². The summed E-state index contributed by atoms with van der Waals surface area (Å²) in [5, 5.41) is 0. The van der Waals surface area contributed by atoms with E-state index >= 15 is 0 Å². The zero-order valence-electron chi connectivity index (χ0n) is 17.1. The third kappa shape index (κ3) is 12.2. The van der Waals surface area contributed by atoms with E-state index in [1.807, 2.05) is 6.20 Å². The van der Waals surface area contributed by atoms with Crippen molar-refractivity contribution in [1.82, 2.24) is 4.98 Å². The maximum Gasteiger partial charge on any atom is 0.0302 e. The van der Waals surface area contributed by atoms with E-state index in [0.717, 1.165) is 0 Å². The summed E-state index contributed by atoms with van der Waals surface area (Å²) < 4.78 is 0. The highest BCUT2D eigenvalue weighted by molar-refractivity contribution is 5.14. The Hall–Kier alpha value is -0.850. The molecule has 0 radical (unpaired) electrons. The fourth-order valence-electron chi connectivity index (χ4n) is 3.81. The van der Waals surface area contributed by atoms with Gasteiger partial charge in [-0.05, 0) is 30.4 Å². The van der Waals surface area contributed by atoms with Crippen LogP contribution >= 0.6 is 0 Å². The standard InChI is InChI=1S/C24H43N/c1-3-5-6-7-8-9-10-11-12-13-14-15-16-17-19-23(4-2)24-20-18-21-25-22-24/h18,20-23H,3-17,19H2,1-2H3. The maximum atomic E-state index is 4.27. The van der Waals surface area contributed by atoms with E-state index in [0.29, 0.717) is 5.92 Å². The van der Waals surface area contributed by atoms with E-state index in [4.69, 9.17) is 0 Å². The van der Waals surface area contributed by atoms with E-state index in [9.17, 15) is 0 Å². The Bertz CT molecular complexity index is 373. The molecule has 1 unspecified atom stereocenters. The fourth-order valence-corrected chi connectivity index (χ4v) is 3.81. The Kier molecular flexibility index (Phi) is 14.7. The lowest BCUT2D eigenvalue weighted by Crippen LogP contribution is -1.98. The molecule has 0 bridgehead atoms. The van der Waals surface area contributed by atoms with Crippen LogP contribution in [0.4, 0.5) is 0 Å². The van der Waals surface area contributed by atoms with Gasteiger partial charge in [0.15, 0.2) is 0 Å². The summed E-state index contributed by atoms with van der Waals surface area (Å²) in [6, 6.07) is 4.31. The molecule has 0 aliphatic rings. The van der Waals surface area contributed by atoms with Gasteiger partial charge in [-0.25, -0.2) is 0 Å². The maximum absolute atomic E-state index is 4.27. The van der Waals surface area contributed by atoms with Gasteiger partial charge < -0.3 is 0 Å². The van der Waals surface area contributed by atoms with Crippen molar-refractivity contribution in [2.75, 3.05) is 0 Å². The van der Waals surface area contributed by atoms with Gasteiger partial charge in [-0.3, -0.25) is 4.98 Å². The third-order valence-corrected chi connectivity index (χ3v) is 5.55. The number of rotatable bonds is 17. The lowest BCUT2D eigenvalue weighted by Gasteiger charge is -2.14. The van der Waals surface area contributed by atoms with Crippen molar-refractivity contribution in [2.45, 2.75) is 122 Å². The normalized spacial score (nSPS) is 12.4. The van der Waals surface area contributed by atoms with Crippen LogP contribution in [0.5, 0.6) is 0 Å². The summed E-state index contributed by atoms with van der Waals surface area (Å²) in [5.74, 6) is 0.714. The van der Waals surface area contributed by atoms with Crippen molar-refractivity contribution < 1.29 is 0 Å². The predicted octanol–water partition coefficient (Wildman–Crippen LogP) is 8.45. The van der Waals surface area contributed by atoms with E-state index < -0.39 is 0 Å². The molecule has 0 amide bonds. The van der Waals surface area contributed by atoms with Gasteiger partial charge in [-0.1, -0.05) is 110 Å². The molecule has 0 aromatic carbocycles. The van der Waals surface area contributed by atoms with Gasteiger partial charge in [0.05, 0.1) is 0 Å². The van der Waals surface area contributed by atoms with Crippen molar-refractivity contribution in [2.24, 2.45) is 0 Å². The van der Waals surface area contributed by atoms with E-state index in [2.05, 4.69) is 37.2 Å². The molecular weight excluding hydrogens is 302 g/mol. The molecule has 1 heteroatoms. The molecule has 0 fully saturated rings. The van der Waals surface area contributed by atoms with Crippen LogP contribution in [0.15, 0.2) is 24.5 Å². The molecule has 1 atom stereocenters. The highest BCUT2D eigenvalue weighted by Gasteiger charge is 2.08. The van der Waals surface area contributed by atoms with Crippen molar-refractivity contribution in [3.05, 3.63) is 30.1 Å². The summed E-state index contributed by atoms with van der Waals surface area (Å²) >= 11 is 0. The summed E-state index contributed by atoms with van der Waals surface area (Å²) in [5.41, 5.74) is 1.43. The minimum absolute atomic E-state index is 0.714. The zero-order valence-corrected chi connectivity index (χ0v) is 17.1. The van der Waals surface area contributed by atoms with Crippen LogP contribution in [0.2, 0.25) is 0 Å². The van der Waals surface area contributed by atoms with Crippen molar-refractivity contribution in [1.29, 1.82) is 0 Å². The van der Waals surface area contributed by atoms with Crippen LogP contribution in [-0.2, 0) is 0 Å². The second-order valence-electron chi connectivity index (χ2n) is 7.78. The molecule has 0 saturated carbocycles. The molecule has 1 nitrogen and oxygen atoms in total. The number of unbranched alkanes of at least 4 members (excludes halogenated alkanes) is 13. The molecule has 1 rings (SSSR count). The van der Waals surface area contributed by atoms with Gasteiger partial charge in [0.1, 0.15) is 0 Å². The topological polar surface area (TPSA) is 12.9 Å². The van der Waals surface area contributed by atoms with Crippen LogP contribution in [0, 0.1) is 0 Å². The molecule has 0 aliphatic heterocycles. The average Bonchev–Trinajstić information content (AvgIpc) is 2.66. The lowest BCUT2D eigenvalue weighted by atomic mass is 9.92. The highest BCUT2D eigenvalue weighted by Crippen LogP contribution is 2.25. The Morgan fingerprint density at radius 2 is 1.24 bits per heavy atom. The van der Waals surface area contributed by atoms with Crippen molar-refractivity contribution >= 4 is 0 Å². The highest BCUT2D eigenvalue weighted by atomic mass is 14.6. The van der Waals surface area contributed by atoms with Crippen molar-refractivity contribution in [3.63, 3.8) is 0 Å². The lowest BCUT2D eigenvalue weighted by molar-refractivity contribution is 0.512. The van der Waals surface area contributed by atoms with Gasteiger partial charge in [0, 0.05) is 12.4 Å². The van der Waals surface area contributed by atoms with Gasteiger partial charge in [0.25, 0.3) is 0 Å². The van der Waals surface area contributed by atoms with Crippen LogP contribution in [0.25, 0.3) is 0 Å².